The molecule has 0 fully saturated rings. The van der Waals surface area contributed by atoms with Crippen LogP contribution in [0.3, 0.4) is 0 Å². The molecule has 24 heavy (non-hydrogen) atoms. The molecule has 4 nitrogen and oxygen atoms in total. The average molecular weight is 390 g/mol. The number of hydrogen-bond acceptors (Lipinski definition) is 3. The molecule has 0 aliphatic heterocycles. The lowest BCUT2D eigenvalue weighted by Gasteiger charge is -2.28. The van der Waals surface area contributed by atoms with Crippen molar-refractivity contribution in [2.24, 2.45) is 0 Å². The first kappa shape index (κ1) is 18.7. The maximum Gasteiger partial charge on any atom is 0.265 e. The van der Waals surface area contributed by atoms with Gasteiger partial charge in [-0.2, -0.15) is 0 Å². The van der Waals surface area contributed by atoms with Crippen molar-refractivity contribution in [3.8, 4) is 0 Å². The molecule has 1 atom stereocenters. The molecule has 8 heteroatoms. The molecule has 2 aromatic rings. The fraction of sp³-hybridized carbons (Fsp3) is 0.188. The van der Waals surface area contributed by atoms with Crippen molar-refractivity contribution in [1.82, 2.24) is 0 Å². The molecule has 0 N–H and O–H groups in total. The predicted octanol–water partition coefficient (Wildman–Crippen LogP) is 4.14. The SMILES string of the molecule is Cc1cc(N(C(C)C(=O)Cl)S(=O)(=O)c2ccc(F)cc2)ccc1Cl. The average Bonchev–Trinajstić information content (AvgIpc) is 2.51. The van der Waals surface area contributed by atoms with Crippen molar-refractivity contribution in [3.63, 3.8) is 0 Å². The minimum absolute atomic E-state index is 0.152. The summed E-state index contributed by atoms with van der Waals surface area (Å²) in [4.78, 5) is 11.5. The van der Waals surface area contributed by atoms with Crippen molar-refractivity contribution in [2.75, 3.05) is 4.31 Å². The minimum atomic E-state index is -4.13. The second kappa shape index (κ2) is 7.09. The summed E-state index contributed by atoms with van der Waals surface area (Å²) in [6.45, 7) is 3.09. The number of carbonyl (C=O) groups excluding carboxylic acids is 1. The lowest BCUT2D eigenvalue weighted by atomic mass is 10.2. The van der Waals surface area contributed by atoms with Gasteiger partial charge in [0.1, 0.15) is 11.9 Å². The Morgan fingerprint density at radius 1 is 1.17 bits per heavy atom. The number of aryl methyl sites for hydroxylation is 1. The van der Waals surface area contributed by atoms with Gasteiger partial charge in [0.25, 0.3) is 10.0 Å². The van der Waals surface area contributed by atoms with E-state index in [1.54, 1.807) is 13.0 Å². The quantitative estimate of drug-likeness (QED) is 0.722. The number of halogens is 3. The van der Waals surface area contributed by atoms with Gasteiger partial charge in [0.2, 0.25) is 5.24 Å². The summed E-state index contributed by atoms with van der Waals surface area (Å²) in [6, 6.07) is 7.73. The molecule has 0 radical (unpaired) electrons. The Morgan fingerprint density at radius 3 is 2.25 bits per heavy atom. The van der Waals surface area contributed by atoms with Crippen LogP contribution in [0.15, 0.2) is 47.4 Å². The molecule has 0 amide bonds. The summed E-state index contributed by atoms with van der Waals surface area (Å²) in [7, 11) is -4.13. The van der Waals surface area contributed by atoms with Crippen molar-refractivity contribution >= 4 is 44.2 Å². The van der Waals surface area contributed by atoms with Gasteiger partial charge in [0, 0.05) is 5.02 Å². The van der Waals surface area contributed by atoms with Gasteiger partial charge in [-0.1, -0.05) is 11.6 Å². The number of benzene rings is 2. The summed E-state index contributed by atoms with van der Waals surface area (Å²) < 4.78 is 39.9. The molecular formula is C16H14Cl2FNO3S. The highest BCUT2D eigenvalue weighted by atomic mass is 35.5. The van der Waals surface area contributed by atoms with Gasteiger partial charge in [-0.05, 0) is 73.5 Å². The first-order valence-electron chi connectivity index (χ1n) is 6.90. The Labute approximate surface area is 149 Å². The molecule has 0 aliphatic carbocycles. The van der Waals surface area contributed by atoms with Gasteiger partial charge in [-0.15, -0.1) is 0 Å². The van der Waals surface area contributed by atoms with Crippen LogP contribution in [0.5, 0.6) is 0 Å². The van der Waals surface area contributed by atoms with Crippen LogP contribution in [0.4, 0.5) is 10.1 Å². The van der Waals surface area contributed by atoms with Gasteiger partial charge in [-0.3, -0.25) is 9.10 Å². The van der Waals surface area contributed by atoms with Crippen LogP contribution in [0.2, 0.25) is 5.02 Å². The van der Waals surface area contributed by atoms with Crippen LogP contribution in [0.1, 0.15) is 12.5 Å². The summed E-state index contributed by atoms with van der Waals surface area (Å²) in [5.41, 5.74) is 0.880. The molecule has 128 valence electrons. The van der Waals surface area contributed by atoms with E-state index in [0.29, 0.717) is 10.6 Å². The molecular weight excluding hydrogens is 376 g/mol. The molecule has 0 aliphatic rings. The number of rotatable bonds is 5. The Hall–Kier alpha value is -1.63. The first-order chi connectivity index (χ1) is 11.1. The van der Waals surface area contributed by atoms with E-state index in [9.17, 15) is 17.6 Å². The number of sulfonamides is 1. The Morgan fingerprint density at radius 2 is 1.75 bits per heavy atom. The smallest absolute Gasteiger partial charge is 0.265 e. The Bertz CT molecular complexity index is 869. The van der Waals surface area contributed by atoms with E-state index in [1.165, 1.54) is 19.1 Å². The number of hydrogen-bond donors (Lipinski definition) is 0. The van der Waals surface area contributed by atoms with Crippen molar-refractivity contribution in [2.45, 2.75) is 24.8 Å². The van der Waals surface area contributed by atoms with Crippen LogP contribution < -0.4 is 4.31 Å². The second-order valence-electron chi connectivity index (χ2n) is 5.17. The lowest BCUT2D eigenvalue weighted by molar-refractivity contribution is -0.112. The fourth-order valence-electron chi connectivity index (χ4n) is 2.15. The molecule has 0 saturated carbocycles. The maximum absolute atomic E-state index is 13.1. The Kier molecular flexibility index (Phi) is 5.52. The van der Waals surface area contributed by atoms with E-state index < -0.39 is 27.1 Å². The topological polar surface area (TPSA) is 54.5 Å². The highest BCUT2D eigenvalue weighted by Gasteiger charge is 2.32. The second-order valence-corrected chi connectivity index (χ2v) is 7.76. The zero-order chi connectivity index (χ0) is 18.1. The van der Waals surface area contributed by atoms with Crippen molar-refractivity contribution < 1.29 is 17.6 Å². The van der Waals surface area contributed by atoms with Crippen molar-refractivity contribution in [3.05, 3.63) is 58.9 Å². The van der Waals surface area contributed by atoms with Crippen molar-refractivity contribution in [1.29, 1.82) is 0 Å². The molecule has 2 rings (SSSR count). The van der Waals surface area contributed by atoms with E-state index in [2.05, 4.69) is 0 Å². The summed E-state index contributed by atoms with van der Waals surface area (Å²) in [5, 5.41) is -0.379. The third-order valence-corrected chi connectivity index (χ3v) is 6.10. The molecule has 0 spiro atoms. The van der Waals surface area contributed by atoms with Gasteiger partial charge in [-0.25, -0.2) is 12.8 Å². The molecule has 2 aromatic carbocycles. The Balaban J connectivity index is 2.63. The molecule has 1 unspecified atom stereocenters. The molecule has 0 saturated heterocycles. The maximum atomic E-state index is 13.1. The highest BCUT2D eigenvalue weighted by molar-refractivity contribution is 7.93. The first-order valence-corrected chi connectivity index (χ1v) is 9.09. The lowest BCUT2D eigenvalue weighted by Crippen LogP contribution is -2.42. The normalized spacial score (nSPS) is 12.7. The van der Waals surface area contributed by atoms with Gasteiger partial charge >= 0.3 is 0 Å². The molecule has 0 aromatic heterocycles. The van der Waals surface area contributed by atoms with Gasteiger partial charge in [0.05, 0.1) is 10.6 Å². The standard InChI is InChI=1S/C16H14Cl2FNO3S/c1-10-9-13(5-8-15(10)17)20(11(2)16(18)21)24(22,23)14-6-3-12(19)4-7-14/h3-9,11H,1-2H3. The largest absolute Gasteiger partial charge is 0.279 e. The zero-order valence-electron chi connectivity index (χ0n) is 12.8. The summed E-state index contributed by atoms with van der Waals surface area (Å²) in [5.74, 6) is -0.565. The minimum Gasteiger partial charge on any atom is -0.279 e. The van der Waals surface area contributed by atoms with Crippen LogP contribution in [-0.4, -0.2) is 19.7 Å². The van der Waals surface area contributed by atoms with Gasteiger partial charge < -0.3 is 0 Å². The summed E-state index contributed by atoms with van der Waals surface area (Å²) >= 11 is 11.5. The van der Waals surface area contributed by atoms with E-state index in [1.807, 2.05) is 0 Å². The molecule has 0 bridgehead atoms. The number of anilines is 1. The number of carbonyl (C=O) groups is 1. The number of nitrogens with zero attached hydrogens (tertiary/aromatic N) is 1. The van der Waals surface area contributed by atoms with Crippen LogP contribution >= 0.6 is 23.2 Å². The van der Waals surface area contributed by atoms with E-state index in [0.717, 1.165) is 28.6 Å². The van der Waals surface area contributed by atoms with E-state index in [4.69, 9.17) is 23.2 Å². The zero-order valence-corrected chi connectivity index (χ0v) is 15.2. The van der Waals surface area contributed by atoms with Crippen LogP contribution in [0.25, 0.3) is 0 Å². The summed E-state index contributed by atoms with van der Waals surface area (Å²) in [6.07, 6.45) is 0. The van der Waals surface area contributed by atoms with Crippen LogP contribution in [0, 0.1) is 12.7 Å². The van der Waals surface area contributed by atoms with Gasteiger partial charge in [0.15, 0.2) is 0 Å². The third kappa shape index (κ3) is 3.71. The highest BCUT2D eigenvalue weighted by Crippen LogP contribution is 2.30. The molecule has 0 heterocycles. The monoisotopic (exact) mass is 389 g/mol. The van der Waals surface area contributed by atoms with Crippen LogP contribution in [-0.2, 0) is 14.8 Å². The van der Waals surface area contributed by atoms with E-state index >= 15 is 0 Å². The van der Waals surface area contributed by atoms with E-state index in [-0.39, 0.29) is 10.6 Å². The third-order valence-electron chi connectivity index (χ3n) is 3.45. The predicted molar refractivity (Wildman–Crippen MR) is 92.6 cm³/mol. The fourth-order valence-corrected chi connectivity index (χ4v) is 4.03.